The lowest BCUT2D eigenvalue weighted by atomic mass is 10.1. The zero-order valence-electron chi connectivity index (χ0n) is 11.4. The van der Waals surface area contributed by atoms with E-state index in [0.29, 0.717) is 5.69 Å². The number of aromatic nitrogens is 1. The van der Waals surface area contributed by atoms with Crippen molar-refractivity contribution in [3.05, 3.63) is 59.2 Å². The maximum atomic E-state index is 13.7. The molecule has 1 aromatic heterocycles. The lowest BCUT2D eigenvalue weighted by molar-refractivity contribution is 0.281. The van der Waals surface area contributed by atoms with Crippen LogP contribution in [-0.4, -0.2) is 18.5 Å². The third-order valence-electron chi connectivity index (χ3n) is 3.00. The molecule has 0 atom stereocenters. The lowest BCUT2D eigenvalue weighted by Gasteiger charge is -2.11. The van der Waals surface area contributed by atoms with Gasteiger partial charge in [0.2, 0.25) is 10.0 Å². The minimum atomic E-state index is -3.89. The standard InChI is InChI=1S/C14H15FN2O3S/c1-10-13(15)6-11(9-18)7-14(10)21(19,20)17-8-12-4-2-3-5-16-12/h2-7,17-18H,8-9H2,1H3. The highest BCUT2D eigenvalue weighted by atomic mass is 32.2. The highest BCUT2D eigenvalue weighted by molar-refractivity contribution is 7.89. The first-order valence-electron chi connectivity index (χ1n) is 6.23. The van der Waals surface area contributed by atoms with Gasteiger partial charge in [0.25, 0.3) is 0 Å². The molecule has 21 heavy (non-hydrogen) atoms. The Morgan fingerprint density at radius 1 is 1.33 bits per heavy atom. The Kier molecular flexibility index (Phi) is 4.66. The minimum absolute atomic E-state index is 0.00752. The predicted octanol–water partition coefficient (Wildman–Crippen LogP) is 1.50. The normalized spacial score (nSPS) is 11.6. The molecular formula is C14H15FN2O3S. The van der Waals surface area contributed by atoms with Crippen LogP contribution in [0.15, 0.2) is 41.4 Å². The average molecular weight is 310 g/mol. The molecule has 112 valence electrons. The maximum absolute atomic E-state index is 13.7. The quantitative estimate of drug-likeness (QED) is 0.877. The molecule has 0 amide bonds. The topological polar surface area (TPSA) is 79.3 Å². The van der Waals surface area contributed by atoms with E-state index >= 15 is 0 Å². The summed E-state index contributed by atoms with van der Waals surface area (Å²) in [4.78, 5) is 3.83. The lowest BCUT2D eigenvalue weighted by Crippen LogP contribution is -2.25. The molecule has 0 aliphatic rings. The van der Waals surface area contributed by atoms with E-state index in [9.17, 15) is 12.8 Å². The van der Waals surface area contributed by atoms with E-state index in [0.717, 1.165) is 6.07 Å². The molecule has 0 radical (unpaired) electrons. The predicted molar refractivity (Wildman–Crippen MR) is 75.3 cm³/mol. The zero-order valence-corrected chi connectivity index (χ0v) is 12.2. The van der Waals surface area contributed by atoms with Crippen LogP contribution in [0, 0.1) is 12.7 Å². The van der Waals surface area contributed by atoms with E-state index in [1.54, 1.807) is 24.4 Å². The Bertz CT molecular complexity index is 733. The summed E-state index contributed by atoms with van der Waals surface area (Å²) >= 11 is 0. The van der Waals surface area contributed by atoms with Gasteiger partial charge in [-0.2, -0.15) is 0 Å². The largest absolute Gasteiger partial charge is 0.392 e. The molecule has 0 fully saturated rings. The van der Waals surface area contributed by atoms with Crippen LogP contribution in [0.4, 0.5) is 4.39 Å². The van der Waals surface area contributed by atoms with Crippen molar-refractivity contribution in [2.45, 2.75) is 25.0 Å². The Morgan fingerprint density at radius 2 is 2.10 bits per heavy atom. The van der Waals surface area contributed by atoms with Crippen molar-refractivity contribution in [3.63, 3.8) is 0 Å². The molecule has 1 aromatic carbocycles. The first kappa shape index (κ1) is 15.6. The molecule has 0 saturated heterocycles. The highest BCUT2D eigenvalue weighted by Crippen LogP contribution is 2.20. The van der Waals surface area contributed by atoms with Gasteiger partial charge in [-0.3, -0.25) is 4.98 Å². The molecule has 2 rings (SSSR count). The number of aliphatic hydroxyl groups is 1. The van der Waals surface area contributed by atoms with E-state index in [2.05, 4.69) is 9.71 Å². The number of pyridine rings is 1. The van der Waals surface area contributed by atoms with Crippen LogP contribution in [0.3, 0.4) is 0 Å². The van der Waals surface area contributed by atoms with Crippen molar-refractivity contribution in [2.24, 2.45) is 0 Å². The van der Waals surface area contributed by atoms with Gasteiger partial charge in [-0.05, 0) is 36.8 Å². The summed E-state index contributed by atoms with van der Waals surface area (Å²) in [6.07, 6.45) is 1.56. The summed E-state index contributed by atoms with van der Waals surface area (Å²) in [5, 5.41) is 9.06. The first-order valence-corrected chi connectivity index (χ1v) is 7.72. The second-order valence-corrected chi connectivity index (χ2v) is 6.24. The molecule has 2 aromatic rings. The van der Waals surface area contributed by atoms with Crippen molar-refractivity contribution in [1.29, 1.82) is 0 Å². The van der Waals surface area contributed by atoms with Crippen molar-refractivity contribution < 1.29 is 17.9 Å². The minimum Gasteiger partial charge on any atom is -0.392 e. The van der Waals surface area contributed by atoms with Gasteiger partial charge in [0.05, 0.1) is 23.7 Å². The fraction of sp³-hybridized carbons (Fsp3) is 0.214. The van der Waals surface area contributed by atoms with Crippen LogP contribution in [0.1, 0.15) is 16.8 Å². The number of aliphatic hydroxyl groups excluding tert-OH is 1. The van der Waals surface area contributed by atoms with E-state index in [-0.39, 0.29) is 22.6 Å². The fourth-order valence-electron chi connectivity index (χ4n) is 1.83. The van der Waals surface area contributed by atoms with Gasteiger partial charge in [0.1, 0.15) is 5.82 Å². The molecule has 0 aliphatic carbocycles. The number of rotatable bonds is 5. The van der Waals surface area contributed by atoms with E-state index in [1.165, 1.54) is 13.0 Å². The summed E-state index contributed by atoms with van der Waals surface area (Å²) in [7, 11) is -3.89. The highest BCUT2D eigenvalue weighted by Gasteiger charge is 2.20. The Balaban J connectivity index is 2.29. The smallest absolute Gasteiger partial charge is 0.241 e. The molecule has 5 nitrogen and oxygen atoms in total. The van der Waals surface area contributed by atoms with Crippen LogP contribution < -0.4 is 4.72 Å². The average Bonchev–Trinajstić information content (AvgIpc) is 2.48. The van der Waals surface area contributed by atoms with Gasteiger partial charge in [-0.15, -0.1) is 0 Å². The summed E-state index contributed by atoms with van der Waals surface area (Å²) in [5.41, 5.74) is 0.773. The van der Waals surface area contributed by atoms with Gasteiger partial charge in [0, 0.05) is 11.8 Å². The van der Waals surface area contributed by atoms with Crippen molar-refractivity contribution >= 4 is 10.0 Å². The molecule has 0 aliphatic heterocycles. The van der Waals surface area contributed by atoms with Crippen LogP contribution in [0.5, 0.6) is 0 Å². The third-order valence-corrected chi connectivity index (χ3v) is 4.53. The molecule has 0 unspecified atom stereocenters. The molecule has 1 heterocycles. The molecule has 0 spiro atoms. The number of benzene rings is 1. The molecule has 2 N–H and O–H groups in total. The zero-order chi connectivity index (χ0) is 15.5. The Morgan fingerprint density at radius 3 is 2.71 bits per heavy atom. The van der Waals surface area contributed by atoms with E-state index in [4.69, 9.17) is 5.11 Å². The maximum Gasteiger partial charge on any atom is 0.241 e. The monoisotopic (exact) mass is 310 g/mol. The number of sulfonamides is 1. The Labute approximate surface area is 122 Å². The second kappa shape index (κ2) is 6.30. The summed E-state index contributed by atoms with van der Waals surface area (Å²) in [6, 6.07) is 7.53. The van der Waals surface area contributed by atoms with Crippen LogP contribution in [0.2, 0.25) is 0 Å². The van der Waals surface area contributed by atoms with Gasteiger partial charge in [-0.1, -0.05) is 6.07 Å². The van der Waals surface area contributed by atoms with Gasteiger partial charge in [0.15, 0.2) is 0 Å². The van der Waals surface area contributed by atoms with Crippen LogP contribution >= 0.6 is 0 Å². The summed E-state index contributed by atoms with van der Waals surface area (Å²) in [6.45, 7) is 0.958. The van der Waals surface area contributed by atoms with Crippen LogP contribution in [-0.2, 0) is 23.2 Å². The van der Waals surface area contributed by atoms with Crippen molar-refractivity contribution in [1.82, 2.24) is 9.71 Å². The van der Waals surface area contributed by atoms with Gasteiger partial charge >= 0.3 is 0 Å². The Hall–Kier alpha value is -1.83. The van der Waals surface area contributed by atoms with Crippen molar-refractivity contribution in [3.8, 4) is 0 Å². The second-order valence-electron chi connectivity index (χ2n) is 4.50. The summed E-state index contributed by atoms with van der Waals surface area (Å²) in [5.74, 6) is -0.667. The molecule has 0 saturated carbocycles. The fourth-order valence-corrected chi connectivity index (χ4v) is 3.13. The molecule has 0 bridgehead atoms. The van der Waals surface area contributed by atoms with E-state index < -0.39 is 22.4 Å². The number of nitrogens with zero attached hydrogens (tertiary/aromatic N) is 1. The van der Waals surface area contributed by atoms with Crippen LogP contribution in [0.25, 0.3) is 0 Å². The third kappa shape index (κ3) is 3.63. The van der Waals surface area contributed by atoms with Gasteiger partial charge < -0.3 is 5.11 Å². The molecule has 7 heteroatoms. The first-order chi connectivity index (χ1) is 9.94. The van der Waals surface area contributed by atoms with Gasteiger partial charge in [-0.25, -0.2) is 17.5 Å². The number of hydrogen-bond donors (Lipinski definition) is 2. The molecular weight excluding hydrogens is 295 g/mol. The van der Waals surface area contributed by atoms with Crippen molar-refractivity contribution in [2.75, 3.05) is 0 Å². The van der Waals surface area contributed by atoms with E-state index in [1.807, 2.05) is 0 Å². The number of nitrogens with one attached hydrogen (secondary N) is 1. The summed E-state index contributed by atoms with van der Waals surface area (Å²) < 4.78 is 40.6. The number of hydrogen-bond acceptors (Lipinski definition) is 4. The number of halogens is 1. The SMILES string of the molecule is Cc1c(F)cc(CO)cc1S(=O)(=O)NCc1ccccn1.